The van der Waals surface area contributed by atoms with Gasteiger partial charge >= 0.3 is 0 Å². The van der Waals surface area contributed by atoms with E-state index in [0.717, 1.165) is 8.95 Å². The Morgan fingerprint density at radius 3 is 2.78 bits per heavy atom. The Morgan fingerprint density at radius 1 is 1.44 bits per heavy atom. The molecule has 0 atom stereocenters. The SMILES string of the molecule is C#CCNCC(=O)Nc1cc(OC)c(Br)cc1Br. The van der Waals surface area contributed by atoms with E-state index in [0.29, 0.717) is 18.0 Å². The maximum Gasteiger partial charge on any atom is 0.238 e. The fourth-order valence-corrected chi connectivity index (χ4v) is 2.48. The Bertz CT molecular complexity index is 484. The van der Waals surface area contributed by atoms with Crippen LogP contribution in [0, 0.1) is 12.3 Å². The van der Waals surface area contributed by atoms with Crippen LogP contribution in [-0.4, -0.2) is 26.1 Å². The van der Waals surface area contributed by atoms with Crippen LogP contribution in [0.2, 0.25) is 0 Å². The average Bonchev–Trinajstić information content (AvgIpc) is 2.33. The van der Waals surface area contributed by atoms with E-state index in [1.165, 1.54) is 0 Å². The molecule has 1 aromatic carbocycles. The molecule has 1 rings (SSSR count). The molecule has 0 spiro atoms. The Kier molecular flexibility index (Phi) is 6.19. The molecular weight excluding hydrogens is 364 g/mol. The average molecular weight is 376 g/mol. The molecule has 0 fully saturated rings. The summed E-state index contributed by atoms with van der Waals surface area (Å²) < 4.78 is 6.73. The summed E-state index contributed by atoms with van der Waals surface area (Å²) in [6.45, 7) is 0.521. The number of halogens is 2. The van der Waals surface area contributed by atoms with Crippen molar-refractivity contribution in [2.75, 3.05) is 25.5 Å². The first-order chi connectivity index (χ1) is 8.58. The fourth-order valence-electron chi connectivity index (χ4n) is 1.22. The molecule has 0 aliphatic rings. The lowest BCUT2D eigenvalue weighted by Crippen LogP contribution is -2.28. The molecule has 6 heteroatoms. The number of amides is 1. The van der Waals surface area contributed by atoms with E-state index in [2.05, 4.69) is 48.4 Å². The predicted octanol–water partition coefficient (Wildman–Crippen LogP) is 2.38. The molecule has 0 aliphatic heterocycles. The topological polar surface area (TPSA) is 50.4 Å². The van der Waals surface area contributed by atoms with Crippen molar-refractivity contribution in [3.63, 3.8) is 0 Å². The van der Waals surface area contributed by atoms with Gasteiger partial charge in [-0.05, 0) is 37.9 Å². The van der Waals surface area contributed by atoms with E-state index in [1.807, 2.05) is 6.07 Å². The van der Waals surface area contributed by atoms with Gasteiger partial charge in [0.1, 0.15) is 5.75 Å². The molecule has 0 saturated heterocycles. The van der Waals surface area contributed by atoms with Crippen molar-refractivity contribution < 1.29 is 9.53 Å². The van der Waals surface area contributed by atoms with Crippen molar-refractivity contribution in [2.24, 2.45) is 0 Å². The summed E-state index contributed by atoms with van der Waals surface area (Å²) in [6, 6.07) is 3.54. The summed E-state index contributed by atoms with van der Waals surface area (Å²) in [7, 11) is 1.56. The van der Waals surface area contributed by atoms with Crippen LogP contribution in [0.4, 0.5) is 5.69 Å². The summed E-state index contributed by atoms with van der Waals surface area (Å²) in [6.07, 6.45) is 5.07. The maximum atomic E-state index is 11.6. The number of hydrogen-bond acceptors (Lipinski definition) is 3. The molecule has 1 amide bonds. The second-order valence-corrected chi connectivity index (χ2v) is 5.03. The highest BCUT2D eigenvalue weighted by atomic mass is 79.9. The monoisotopic (exact) mass is 374 g/mol. The zero-order valence-electron chi connectivity index (χ0n) is 9.72. The first-order valence-electron chi connectivity index (χ1n) is 5.05. The predicted molar refractivity (Wildman–Crippen MR) is 78.7 cm³/mol. The van der Waals surface area contributed by atoms with Crippen LogP contribution in [0.3, 0.4) is 0 Å². The van der Waals surface area contributed by atoms with Crippen molar-refractivity contribution in [3.05, 3.63) is 21.1 Å². The quantitative estimate of drug-likeness (QED) is 0.613. The third-order valence-corrected chi connectivity index (χ3v) is 3.30. The lowest BCUT2D eigenvalue weighted by atomic mass is 10.3. The number of anilines is 1. The molecule has 0 saturated carbocycles. The number of benzene rings is 1. The van der Waals surface area contributed by atoms with Gasteiger partial charge in [0.2, 0.25) is 5.91 Å². The van der Waals surface area contributed by atoms with Crippen LogP contribution < -0.4 is 15.4 Å². The fraction of sp³-hybridized carbons (Fsp3) is 0.250. The smallest absolute Gasteiger partial charge is 0.238 e. The van der Waals surface area contributed by atoms with Crippen LogP contribution in [0.25, 0.3) is 0 Å². The number of methoxy groups -OCH3 is 1. The molecule has 4 nitrogen and oxygen atoms in total. The van der Waals surface area contributed by atoms with E-state index in [9.17, 15) is 4.79 Å². The lowest BCUT2D eigenvalue weighted by Gasteiger charge is -2.11. The van der Waals surface area contributed by atoms with Gasteiger partial charge < -0.3 is 10.1 Å². The van der Waals surface area contributed by atoms with E-state index in [4.69, 9.17) is 11.2 Å². The van der Waals surface area contributed by atoms with Crippen LogP contribution in [-0.2, 0) is 4.79 Å². The minimum Gasteiger partial charge on any atom is -0.495 e. The van der Waals surface area contributed by atoms with Crippen molar-refractivity contribution in [3.8, 4) is 18.1 Å². The highest BCUT2D eigenvalue weighted by molar-refractivity contribution is 9.11. The largest absolute Gasteiger partial charge is 0.495 e. The van der Waals surface area contributed by atoms with Crippen LogP contribution >= 0.6 is 31.9 Å². The first kappa shape index (κ1) is 15.0. The van der Waals surface area contributed by atoms with Gasteiger partial charge in [-0.2, -0.15) is 0 Å². The molecule has 1 aromatic rings. The molecule has 0 heterocycles. The number of carbonyl (C=O) groups excluding carboxylic acids is 1. The normalized spacial score (nSPS) is 9.67. The molecule has 0 unspecified atom stereocenters. The molecule has 2 N–H and O–H groups in total. The zero-order valence-corrected chi connectivity index (χ0v) is 12.9. The number of carbonyl (C=O) groups is 1. The third kappa shape index (κ3) is 4.33. The van der Waals surface area contributed by atoms with E-state index in [-0.39, 0.29) is 12.5 Å². The van der Waals surface area contributed by atoms with Crippen molar-refractivity contribution >= 4 is 43.5 Å². The minimum absolute atomic E-state index is 0.162. The second kappa shape index (κ2) is 7.41. The minimum atomic E-state index is -0.171. The third-order valence-electron chi connectivity index (χ3n) is 2.03. The highest BCUT2D eigenvalue weighted by Crippen LogP contribution is 2.34. The Morgan fingerprint density at radius 2 is 2.17 bits per heavy atom. The summed E-state index contributed by atoms with van der Waals surface area (Å²) >= 11 is 6.72. The van der Waals surface area contributed by atoms with Crippen molar-refractivity contribution in [1.82, 2.24) is 5.32 Å². The van der Waals surface area contributed by atoms with Gasteiger partial charge in [0.25, 0.3) is 0 Å². The van der Waals surface area contributed by atoms with Gasteiger partial charge in [0, 0.05) is 10.5 Å². The van der Waals surface area contributed by atoms with Crippen molar-refractivity contribution in [2.45, 2.75) is 0 Å². The van der Waals surface area contributed by atoms with E-state index in [1.54, 1.807) is 13.2 Å². The molecule has 0 radical (unpaired) electrons. The van der Waals surface area contributed by atoms with E-state index >= 15 is 0 Å². The number of rotatable bonds is 5. The lowest BCUT2D eigenvalue weighted by molar-refractivity contribution is -0.115. The number of terminal acetylenes is 1. The Hall–Kier alpha value is -1.03. The molecule has 0 bridgehead atoms. The van der Waals surface area contributed by atoms with Crippen LogP contribution in [0.15, 0.2) is 21.1 Å². The van der Waals surface area contributed by atoms with Gasteiger partial charge in [-0.1, -0.05) is 5.92 Å². The van der Waals surface area contributed by atoms with Crippen LogP contribution in [0.1, 0.15) is 0 Å². The number of hydrogen-bond donors (Lipinski definition) is 2. The zero-order chi connectivity index (χ0) is 13.5. The summed E-state index contributed by atoms with van der Waals surface area (Å²) in [5.74, 6) is 2.87. The first-order valence-corrected chi connectivity index (χ1v) is 6.64. The molecule has 18 heavy (non-hydrogen) atoms. The molecular formula is C12H12Br2N2O2. The van der Waals surface area contributed by atoms with Crippen molar-refractivity contribution in [1.29, 1.82) is 0 Å². The van der Waals surface area contributed by atoms with Gasteiger partial charge in [-0.15, -0.1) is 6.42 Å². The number of ether oxygens (including phenoxy) is 1. The van der Waals surface area contributed by atoms with E-state index < -0.39 is 0 Å². The number of nitrogens with one attached hydrogen (secondary N) is 2. The van der Waals surface area contributed by atoms with Gasteiger partial charge in [0.05, 0.1) is 30.4 Å². The Balaban J connectivity index is 2.72. The summed E-state index contributed by atoms with van der Waals surface area (Å²) in [5.41, 5.74) is 0.641. The van der Waals surface area contributed by atoms with Gasteiger partial charge in [0.15, 0.2) is 0 Å². The Labute approximate surface area is 123 Å². The van der Waals surface area contributed by atoms with Gasteiger partial charge in [-0.3, -0.25) is 10.1 Å². The maximum absolute atomic E-state index is 11.6. The standard InChI is InChI=1S/C12H12Br2N2O2/c1-3-4-15-7-12(17)16-10-6-11(18-2)9(14)5-8(10)13/h1,5-6,15H,4,7H2,2H3,(H,16,17). The summed E-state index contributed by atoms with van der Waals surface area (Å²) in [4.78, 5) is 11.6. The highest BCUT2D eigenvalue weighted by Gasteiger charge is 2.09. The van der Waals surface area contributed by atoms with Crippen LogP contribution in [0.5, 0.6) is 5.75 Å². The second-order valence-electron chi connectivity index (χ2n) is 3.32. The molecule has 96 valence electrons. The van der Waals surface area contributed by atoms with Gasteiger partial charge in [-0.25, -0.2) is 0 Å². The summed E-state index contributed by atoms with van der Waals surface area (Å²) in [5, 5.41) is 5.56. The molecule has 0 aromatic heterocycles. The molecule has 0 aliphatic carbocycles.